The van der Waals surface area contributed by atoms with Gasteiger partial charge in [-0.2, -0.15) is 9.78 Å². The SMILES string of the molecule is CC(C)(C)c1nc2ccc(Br)cc2c(=O)n1N=Cc1ccco1. The van der Waals surface area contributed by atoms with Gasteiger partial charge < -0.3 is 4.42 Å². The topological polar surface area (TPSA) is 60.4 Å². The van der Waals surface area contributed by atoms with Crippen LogP contribution in [0.5, 0.6) is 0 Å². The molecule has 0 atom stereocenters. The predicted molar refractivity (Wildman–Crippen MR) is 94.1 cm³/mol. The summed E-state index contributed by atoms with van der Waals surface area (Å²) < 4.78 is 7.41. The van der Waals surface area contributed by atoms with Gasteiger partial charge in [0.05, 0.1) is 23.4 Å². The minimum absolute atomic E-state index is 0.205. The largest absolute Gasteiger partial charge is 0.463 e. The molecule has 0 spiro atoms. The fraction of sp³-hybridized carbons (Fsp3) is 0.235. The lowest BCUT2D eigenvalue weighted by atomic mass is 9.95. The normalized spacial score (nSPS) is 12.3. The second-order valence-electron chi connectivity index (χ2n) is 6.22. The number of hydrogen-bond donors (Lipinski definition) is 0. The third kappa shape index (κ3) is 3.12. The Morgan fingerprint density at radius 2 is 2.09 bits per heavy atom. The van der Waals surface area contributed by atoms with Crippen LogP contribution in [0.4, 0.5) is 0 Å². The van der Waals surface area contributed by atoms with Crippen molar-refractivity contribution in [2.75, 3.05) is 0 Å². The third-order valence-corrected chi connectivity index (χ3v) is 3.82. The fourth-order valence-corrected chi connectivity index (χ4v) is 2.58. The van der Waals surface area contributed by atoms with Gasteiger partial charge in [0.2, 0.25) is 0 Å². The van der Waals surface area contributed by atoms with E-state index in [-0.39, 0.29) is 11.0 Å². The molecular weight excluding hydrogens is 358 g/mol. The molecule has 2 aromatic heterocycles. The van der Waals surface area contributed by atoms with Crippen molar-refractivity contribution in [2.45, 2.75) is 26.2 Å². The second kappa shape index (κ2) is 5.77. The molecule has 1 aromatic carbocycles. The maximum atomic E-state index is 12.9. The summed E-state index contributed by atoms with van der Waals surface area (Å²) in [5.41, 5.74) is 0.123. The Balaban J connectivity index is 2.28. The summed E-state index contributed by atoms with van der Waals surface area (Å²) in [6, 6.07) is 9.01. The molecule has 5 nitrogen and oxygen atoms in total. The van der Waals surface area contributed by atoms with Gasteiger partial charge >= 0.3 is 0 Å². The Bertz CT molecular complexity index is 935. The number of aromatic nitrogens is 2. The number of hydrogen-bond acceptors (Lipinski definition) is 4. The highest BCUT2D eigenvalue weighted by Gasteiger charge is 2.22. The Morgan fingerprint density at radius 3 is 2.74 bits per heavy atom. The molecule has 23 heavy (non-hydrogen) atoms. The summed E-state index contributed by atoms with van der Waals surface area (Å²) in [4.78, 5) is 17.5. The van der Waals surface area contributed by atoms with Crippen LogP contribution in [0.25, 0.3) is 10.9 Å². The highest BCUT2D eigenvalue weighted by atomic mass is 79.9. The van der Waals surface area contributed by atoms with Crippen molar-refractivity contribution in [3.05, 3.63) is 63.0 Å². The van der Waals surface area contributed by atoms with Crippen LogP contribution in [-0.4, -0.2) is 15.9 Å². The molecule has 0 fully saturated rings. The van der Waals surface area contributed by atoms with E-state index in [0.717, 1.165) is 4.47 Å². The first-order valence-electron chi connectivity index (χ1n) is 7.17. The van der Waals surface area contributed by atoms with Crippen LogP contribution in [0.3, 0.4) is 0 Å². The first kappa shape index (κ1) is 15.7. The number of halogens is 1. The van der Waals surface area contributed by atoms with E-state index in [2.05, 4.69) is 26.0 Å². The summed E-state index contributed by atoms with van der Waals surface area (Å²) in [5.74, 6) is 1.17. The quantitative estimate of drug-likeness (QED) is 0.639. The summed E-state index contributed by atoms with van der Waals surface area (Å²) in [6.07, 6.45) is 3.08. The maximum absolute atomic E-state index is 12.9. The molecule has 0 N–H and O–H groups in total. The zero-order valence-corrected chi connectivity index (χ0v) is 14.7. The minimum Gasteiger partial charge on any atom is -0.463 e. The van der Waals surface area contributed by atoms with Gasteiger partial charge in [-0.15, -0.1) is 0 Å². The van der Waals surface area contributed by atoms with Crippen molar-refractivity contribution in [3.63, 3.8) is 0 Å². The van der Waals surface area contributed by atoms with E-state index >= 15 is 0 Å². The van der Waals surface area contributed by atoms with Gasteiger partial charge in [-0.3, -0.25) is 4.79 Å². The molecule has 3 aromatic rings. The molecule has 0 aliphatic carbocycles. The Kier molecular flexibility index (Phi) is 3.93. The molecule has 0 aliphatic heterocycles. The summed E-state index contributed by atoms with van der Waals surface area (Å²) in [7, 11) is 0. The van der Waals surface area contributed by atoms with Gasteiger partial charge in [0, 0.05) is 9.89 Å². The van der Waals surface area contributed by atoms with Crippen molar-refractivity contribution < 1.29 is 4.42 Å². The average molecular weight is 374 g/mol. The molecule has 6 heteroatoms. The van der Waals surface area contributed by atoms with Gasteiger partial charge in [0.15, 0.2) is 0 Å². The van der Waals surface area contributed by atoms with E-state index in [1.807, 2.05) is 32.9 Å². The summed E-state index contributed by atoms with van der Waals surface area (Å²) >= 11 is 3.39. The van der Waals surface area contributed by atoms with Gasteiger partial charge in [0.25, 0.3) is 5.56 Å². The van der Waals surface area contributed by atoms with Crippen molar-refractivity contribution in [1.82, 2.24) is 9.66 Å². The van der Waals surface area contributed by atoms with E-state index in [4.69, 9.17) is 4.42 Å². The van der Waals surface area contributed by atoms with E-state index in [1.54, 1.807) is 24.5 Å². The molecular formula is C17H16BrN3O2. The lowest BCUT2D eigenvalue weighted by Crippen LogP contribution is -2.29. The highest BCUT2D eigenvalue weighted by Crippen LogP contribution is 2.22. The molecule has 0 amide bonds. The molecule has 0 aliphatic rings. The molecule has 118 valence electrons. The second-order valence-corrected chi connectivity index (χ2v) is 7.14. The Hall–Kier alpha value is -2.21. The van der Waals surface area contributed by atoms with Crippen molar-refractivity contribution in [1.29, 1.82) is 0 Å². The average Bonchev–Trinajstić information content (AvgIpc) is 2.99. The highest BCUT2D eigenvalue weighted by molar-refractivity contribution is 9.10. The monoisotopic (exact) mass is 373 g/mol. The third-order valence-electron chi connectivity index (χ3n) is 3.32. The zero-order chi connectivity index (χ0) is 16.6. The predicted octanol–water partition coefficient (Wildman–Crippen LogP) is 3.93. The van der Waals surface area contributed by atoms with Gasteiger partial charge in [-0.1, -0.05) is 36.7 Å². The van der Waals surface area contributed by atoms with E-state index in [1.165, 1.54) is 10.9 Å². The number of furan rings is 1. The smallest absolute Gasteiger partial charge is 0.282 e. The van der Waals surface area contributed by atoms with Crippen LogP contribution in [0.2, 0.25) is 0 Å². The lowest BCUT2D eigenvalue weighted by molar-refractivity contribution is 0.505. The lowest BCUT2D eigenvalue weighted by Gasteiger charge is -2.20. The van der Waals surface area contributed by atoms with E-state index in [0.29, 0.717) is 22.5 Å². The number of rotatable bonds is 2. The molecule has 2 heterocycles. The van der Waals surface area contributed by atoms with Crippen molar-refractivity contribution in [2.24, 2.45) is 5.10 Å². The van der Waals surface area contributed by atoms with Gasteiger partial charge in [-0.25, -0.2) is 4.98 Å². The first-order valence-corrected chi connectivity index (χ1v) is 7.96. The van der Waals surface area contributed by atoms with Crippen molar-refractivity contribution in [3.8, 4) is 0 Å². The van der Waals surface area contributed by atoms with E-state index in [9.17, 15) is 4.79 Å². The van der Waals surface area contributed by atoms with Gasteiger partial charge in [-0.05, 0) is 30.3 Å². The Labute approximate surface area is 141 Å². The van der Waals surface area contributed by atoms with Crippen LogP contribution in [0, 0.1) is 0 Å². The van der Waals surface area contributed by atoms with Crippen molar-refractivity contribution >= 4 is 33.0 Å². The van der Waals surface area contributed by atoms with E-state index < -0.39 is 0 Å². The number of nitrogens with zero attached hydrogens (tertiary/aromatic N) is 3. The Morgan fingerprint density at radius 1 is 1.30 bits per heavy atom. The summed E-state index contributed by atoms with van der Waals surface area (Å²) in [6.45, 7) is 6.00. The van der Waals surface area contributed by atoms with Crippen LogP contribution < -0.4 is 5.56 Å². The zero-order valence-electron chi connectivity index (χ0n) is 13.1. The number of fused-ring (bicyclic) bond motifs is 1. The minimum atomic E-state index is -0.332. The molecule has 0 bridgehead atoms. The van der Waals surface area contributed by atoms with Crippen LogP contribution in [0.1, 0.15) is 32.4 Å². The fourth-order valence-electron chi connectivity index (χ4n) is 2.22. The standard InChI is InChI=1S/C17H16BrN3O2/c1-17(2,3)16-20-14-7-6-11(18)9-13(14)15(22)21(16)19-10-12-5-4-8-23-12/h4-10H,1-3H3. The number of benzene rings is 1. The molecule has 0 unspecified atom stereocenters. The van der Waals surface area contributed by atoms with Crippen LogP contribution in [0.15, 0.2) is 55.4 Å². The molecule has 3 rings (SSSR count). The van der Waals surface area contributed by atoms with Crippen LogP contribution >= 0.6 is 15.9 Å². The van der Waals surface area contributed by atoms with Gasteiger partial charge in [0.1, 0.15) is 11.6 Å². The molecule has 0 radical (unpaired) electrons. The first-order chi connectivity index (χ1) is 10.9. The molecule has 0 saturated carbocycles. The molecule has 0 saturated heterocycles. The van der Waals surface area contributed by atoms with Crippen LogP contribution in [-0.2, 0) is 5.41 Å². The summed E-state index contributed by atoms with van der Waals surface area (Å²) in [5, 5.41) is 4.82. The maximum Gasteiger partial charge on any atom is 0.282 e.